The Kier molecular flexibility index (Phi) is 11.7. The summed E-state index contributed by atoms with van der Waals surface area (Å²) in [5.41, 5.74) is 1.46. The number of fused-ring (bicyclic) bond motifs is 1. The molecule has 1 fully saturated rings. The second-order valence-electron chi connectivity index (χ2n) is 12.6. The number of halogens is 3. The molecule has 1 N–H and O–H groups in total. The summed E-state index contributed by atoms with van der Waals surface area (Å²) in [5, 5.41) is 3.77. The van der Waals surface area contributed by atoms with Crippen molar-refractivity contribution in [1.82, 2.24) is 10.2 Å². The Labute approximate surface area is 307 Å². The van der Waals surface area contributed by atoms with Gasteiger partial charge in [0.25, 0.3) is 10.0 Å². The average Bonchev–Trinajstić information content (AvgIpc) is 3.14. The van der Waals surface area contributed by atoms with Crippen molar-refractivity contribution in [2.45, 2.75) is 62.0 Å². The lowest BCUT2D eigenvalue weighted by molar-refractivity contribution is -0.140. The second kappa shape index (κ2) is 16.4. The molecule has 9 nitrogen and oxygen atoms in total. The molecule has 2 aliphatic rings. The Bertz CT molecular complexity index is 1960. The van der Waals surface area contributed by atoms with Crippen LogP contribution < -0.4 is 19.1 Å². The number of nitrogens with zero attached hydrogens (tertiary/aromatic N) is 2. The summed E-state index contributed by atoms with van der Waals surface area (Å²) in [6, 6.07) is 22.2. The minimum atomic E-state index is -4.45. The Balaban J connectivity index is 1.40. The minimum absolute atomic E-state index is 0.0437. The lowest BCUT2D eigenvalue weighted by atomic mass is 9.94. The van der Waals surface area contributed by atoms with Crippen LogP contribution in [0.25, 0.3) is 0 Å². The van der Waals surface area contributed by atoms with E-state index in [1.807, 2.05) is 30.3 Å². The van der Waals surface area contributed by atoms with Gasteiger partial charge >= 0.3 is 0 Å². The van der Waals surface area contributed by atoms with Crippen molar-refractivity contribution in [1.29, 1.82) is 0 Å². The predicted octanol–water partition coefficient (Wildman–Crippen LogP) is 7.19. The van der Waals surface area contributed by atoms with E-state index in [9.17, 15) is 22.4 Å². The summed E-state index contributed by atoms with van der Waals surface area (Å²) in [7, 11) is -4.45. The van der Waals surface area contributed by atoms with Crippen LogP contribution in [-0.4, -0.2) is 57.0 Å². The Morgan fingerprint density at radius 3 is 2.24 bits per heavy atom. The molecule has 2 amide bonds. The van der Waals surface area contributed by atoms with E-state index in [1.165, 1.54) is 35.2 Å². The molecule has 0 aromatic heterocycles. The van der Waals surface area contributed by atoms with Gasteiger partial charge < -0.3 is 19.7 Å². The zero-order chi connectivity index (χ0) is 36.0. The van der Waals surface area contributed by atoms with Gasteiger partial charge in [-0.25, -0.2) is 12.8 Å². The van der Waals surface area contributed by atoms with E-state index >= 15 is 0 Å². The quantitative estimate of drug-likeness (QED) is 0.164. The maximum absolute atomic E-state index is 14.8. The molecule has 1 aliphatic heterocycles. The Morgan fingerprint density at radius 2 is 1.53 bits per heavy atom. The van der Waals surface area contributed by atoms with Crippen molar-refractivity contribution in [3.05, 3.63) is 118 Å². The van der Waals surface area contributed by atoms with Gasteiger partial charge in [-0.3, -0.25) is 13.9 Å². The van der Waals surface area contributed by atoms with Gasteiger partial charge in [0, 0.05) is 25.1 Å². The summed E-state index contributed by atoms with van der Waals surface area (Å²) in [6.45, 7) is -0.215. The number of anilines is 1. The number of amides is 2. The molecular formula is C38H38Cl2FN3O6S. The summed E-state index contributed by atoms with van der Waals surface area (Å²) in [6.07, 6.45) is 4.90. The van der Waals surface area contributed by atoms with Gasteiger partial charge in [-0.15, -0.1) is 0 Å². The maximum atomic E-state index is 14.8. The summed E-state index contributed by atoms with van der Waals surface area (Å²) in [4.78, 5) is 30.3. The highest BCUT2D eigenvalue weighted by atomic mass is 35.5. The van der Waals surface area contributed by atoms with Gasteiger partial charge in [0.1, 0.15) is 31.6 Å². The van der Waals surface area contributed by atoms with Gasteiger partial charge in [0.05, 0.1) is 20.6 Å². The third kappa shape index (κ3) is 8.95. The fourth-order valence-corrected chi connectivity index (χ4v) is 8.13. The molecule has 1 saturated carbocycles. The number of hydrogen-bond acceptors (Lipinski definition) is 6. The highest BCUT2D eigenvalue weighted by molar-refractivity contribution is 7.92. The topological polar surface area (TPSA) is 105 Å². The van der Waals surface area contributed by atoms with Crippen molar-refractivity contribution < 1.29 is 31.9 Å². The molecule has 0 unspecified atom stereocenters. The van der Waals surface area contributed by atoms with Gasteiger partial charge in [0.15, 0.2) is 11.5 Å². The number of nitrogens with one attached hydrogen (secondary N) is 1. The minimum Gasteiger partial charge on any atom is -0.486 e. The first-order chi connectivity index (χ1) is 24.6. The molecule has 1 aliphatic carbocycles. The molecule has 0 bridgehead atoms. The van der Waals surface area contributed by atoms with Crippen molar-refractivity contribution in [3.8, 4) is 11.5 Å². The predicted molar refractivity (Wildman–Crippen MR) is 194 cm³/mol. The van der Waals surface area contributed by atoms with Gasteiger partial charge in [0.2, 0.25) is 11.8 Å². The monoisotopic (exact) mass is 753 g/mol. The molecule has 51 heavy (non-hydrogen) atoms. The van der Waals surface area contributed by atoms with E-state index in [2.05, 4.69) is 5.32 Å². The van der Waals surface area contributed by atoms with E-state index in [0.717, 1.165) is 54.1 Å². The normalized spacial score (nSPS) is 15.1. The van der Waals surface area contributed by atoms with Gasteiger partial charge in [-0.2, -0.15) is 0 Å². The van der Waals surface area contributed by atoms with Crippen LogP contribution in [-0.2, 0) is 32.6 Å². The summed E-state index contributed by atoms with van der Waals surface area (Å²) in [5.74, 6) is -0.944. The van der Waals surface area contributed by atoms with Crippen molar-refractivity contribution >= 4 is 50.7 Å². The van der Waals surface area contributed by atoms with Crippen LogP contribution in [0.3, 0.4) is 0 Å². The SMILES string of the molecule is O=C(NC1CCCCC1)[C@H](Cc1ccccc1)N(Cc1ccc(Cl)c(Cl)c1)C(=O)CN(c1ccc(F)cc1)S(=O)(=O)c1ccc2c(c1)OCCO2. The number of carbonyl (C=O) groups is 2. The summed E-state index contributed by atoms with van der Waals surface area (Å²) >= 11 is 12.6. The second-order valence-corrected chi connectivity index (χ2v) is 15.3. The first-order valence-corrected chi connectivity index (χ1v) is 19.0. The molecule has 4 aromatic carbocycles. The molecule has 4 aromatic rings. The molecule has 0 saturated heterocycles. The number of hydrogen-bond donors (Lipinski definition) is 1. The van der Waals surface area contributed by atoms with Crippen LogP contribution in [0.2, 0.25) is 10.0 Å². The molecule has 0 spiro atoms. The number of carbonyl (C=O) groups excluding carboxylic acids is 2. The van der Waals surface area contributed by atoms with Crippen LogP contribution in [0.1, 0.15) is 43.2 Å². The number of ether oxygens (including phenoxy) is 2. The third-order valence-corrected chi connectivity index (χ3v) is 11.6. The largest absolute Gasteiger partial charge is 0.486 e. The van der Waals surface area contributed by atoms with Crippen LogP contribution in [0.5, 0.6) is 11.5 Å². The molecule has 0 radical (unpaired) electrons. The van der Waals surface area contributed by atoms with E-state index in [-0.39, 0.29) is 52.9 Å². The lowest BCUT2D eigenvalue weighted by Gasteiger charge is -2.35. The molecular weight excluding hydrogens is 716 g/mol. The van der Waals surface area contributed by atoms with Crippen LogP contribution >= 0.6 is 23.2 Å². The van der Waals surface area contributed by atoms with Gasteiger partial charge in [-0.05, 0) is 72.5 Å². The lowest BCUT2D eigenvalue weighted by Crippen LogP contribution is -2.55. The van der Waals surface area contributed by atoms with Crippen LogP contribution in [0, 0.1) is 5.82 Å². The molecule has 6 rings (SSSR count). The zero-order valence-electron chi connectivity index (χ0n) is 27.8. The number of sulfonamides is 1. The van der Waals surface area contributed by atoms with E-state index in [1.54, 1.807) is 18.2 Å². The molecule has 1 heterocycles. The fraction of sp³-hybridized carbons (Fsp3) is 0.316. The fourth-order valence-electron chi connectivity index (χ4n) is 6.38. The smallest absolute Gasteiger partial charge is 0.264 e. The standard InChI is InChI=1S/C38H38Cl2FN3O6S/c39-32-17-11-27(21-33(32)40)24-43(34(22-26-7-3-1-4-8-26)38(46)42-29-9-5-2-6-10-29)37(45)25-44(30-14-12-28(41)13-15-30)51(47,48)31-16-18-35-36(23-31)50-20-19-49-35/h1,3-4,7-8,11-18,21,23,29,34H,2,5-6,9-10,19-20,22,24-25H2,(H,42,46)/t34-/m0/s1. The molecule has 13 heteroatoms. The molecule has 268 valence electrons. The summed E-state index contributed by atoms with van der Waals surface area (Å²) < 4.78 is 55.1. The van der Waals surface area contributed by atoms with E-state index in [4.69, 9.17) is 32.7 Å². The number of rotatable bonds is 12. The average molecular weight is 755 g/mol. The van der Waals surface area contributed by atoms with Crippen molar-refractivity contribution in [2.75, 3.05) is 24.1 Å². The van der Waals surface area contributed by atoms with Crippen LogP contribution in [0.15, 0.2) is 95.9 Å². The first-order valence-electron chi connectivity index (χ1n) is 16.8. The highest BCUT2D eigenvalue weighted by Crippen LogP contribution is 2.35. The Hall–Kier alpha value is -4.32. The Morgan fingerprint density at radius 1 is 0.824 bits per heavy atom. The molecule has 1 atom stereocenters. The third-order valence-electron chi connectivity index (χ3n) is 9.05. The van der Waals surface area contributed by atoms with Gasteiger partial charge in [-0.1, -0.05) is 78.9 Å². The maximum Gasteiger partial charge on any atom is 0.264 e. The highest BCUT2D eigenvalue weighted by Gasteiger charge is 2.36. The zero-order valence-corrected chi connectivity index (χ0v) is 30.1. The van der Waals surface area contributed by atoms with E-state index in [0.29, 0.717) is 22.9 Å². The number of benzene rings is 4. The van der Waals surface area contributed by atoms with Crippen molar-refractivity contribution in [2.24, 2.45) is 0 Å². The van der Waals surface area contributed by atoms with E-state index < -0.39 is 34.3 Å². The van der Waals surface area contributed by atoms with Crippen molar-refractivity contribution in [3.63, 3.8) is 0 Å². The van der Waals surface area contributed by atoms with Crippen LogP contribution in [0.4, 0.5) is 10.1 Å². The first kappa shape index (κ1) is 36.5.